The van der Waals surface area contributed by atoms with Crippen molar-refractivity contribution in [2.45, 2.75) is 57.0 Å². The molecule has 4 saturated carbocycles. The zero-order chi connectivity index (χ0) is 18.9. The van der Waals surface area contributed by atoms with E-state index in [4.69, 9.17) is 0 Å². The molecule has 0 aromatic heterocycles. The molecule has 1 aromatic rings. The van der Waals surface area contributed by atoms with Crippen molar-refractivity contribution >= 4 is 17.5 Å². The fourth-order valence-electron chi connectivity index (χ4n) is 7.41. The minimum Gasteiger partial charge on any atom is -0.362 e. The Balaban J connectivity index is 1.18. The van der Waals surface area contributed by atoms with Crippen LogP contribution >= 0.6 is 0 Å². The standard InChI is InChI=1S/C23H29N3O2/c27-20-18-3-1-2-4-19(18)24-23(25-20)5-7-26(8-6-23)21(28)22-12-15-9-16(13-22)11-17(10-15)14-22/h1-4,15-17,24H,5-14H2,(H,25,27). The molecule has 4 bridgehead atoms. The lowest BCUT2D eigenvalue weighted by Gasteiger charge is -2.57. The number of benzene rings is 1. The number of para-hydroxylation sites is 1. The molecule has 1 saturated heterocycles. The number of nitrogens with zero attached hydrogens (tertiary/aromatic N) is 1. The molecule has 2 amide bonds. The third kappa shape index (κ3) is 2.44. The minimum absolute atomic E-state index is 0.00443. The smallest absolute Gasteiger partial charge is 0.255 e. The summed E-state index contributed by atoms with van der Waals surface area (Å²) in [4.78, 5) is 28.3. The molecule has 148 valence electrons. The highest BCUT2D eigenvalue weighted by Gasteiger charge is 2.56. The molecule has 6 aliphatic rings. The van der Waals surface area contributed by atoms with Gasteiger partial charge in [-0.25, -0.2) is 0 Å². The lowest BCUT2D eigenvalue weighted by atomic mass is 9.49. The fourth-order valence-corrected chi connectivity index (χ4v) is 7.41. The van der Waals surface area contributed by atoms with E-state index in [1.807, 2.05) is 24.3 Å². The second-order valence-electron chi connectivity index (χ2n) is 10.2. The van der Waals surface area contributed by atoms with E-state index in [-0.39, 0.29) is 11.3 Å². The van der Waals surface area contributed by atoms with Crippen LogP contribution in [0.3, 0.4) is 0 Å². The Morgan fingerprint density at radius 3 is 2.18 bits per heavy atom. The van der Waals surface area contributed by atoms with E-state index in [0.717, 1.165) is 68.6 Å². The topological polar surface area (TPSA) is 61.4 Å². The van der Waals surface area contributed by atoms with Gasteiger partial charge in [-0.15, -0.1) is 0 Å². The quantitative estimate of drug-likeness (QED) is 0.786. The van der Waals surface area contributed by atoms with E-state index in [0.29, 0.717) is 11.5 Å². The lowest BCUT2D eigenvalue weighted by Crippen LogP contribution is -2.64. The normalized spacial score (nSPS) is 37.4. The van der Waals surface area contributed by atoms with Crippen LogP contribution in [0.5, 0.6) is 0 Å². The Morgan fingerprint density at radius 1 is 0.929 bits per heavy atom. The van der Waals surface area contributed by atoms with Crippen molar-refractivity contribution in [2.24, 2.45) is 23.2 Å². The van der Waals surface area contributed by atoms with Gasteiger partial charge in [0.2, 0.25) is 5.91 Å². The van der Waals surface area contributed by atoms with Gasteiger partial charge in [-0.3, -0.25) is 9.59 Å². The fraction of sp³-hybridized carbons (Fsp3) is 0.652. The van der Waals surface area contributed by atoms with Crippen molar-refractivity contribution in [2.75, 3.05) is 18.4 Å². The second kappa shape index (κ2) is 5.74. The van der Waals surface area contributed by atoms with E-state index in [2.05, 4.69) is 15.5 Å². The number of hydrogen-bond acceptors (Lipinski definition) is 3. The van der Waals surface area contributed by atoms with E-state index in [1.54, 1.807) is 0 Å². The van der Waals surface area contributed by atoms with Gasteiger partial charge in [0, 0.05) is 31.6 Å². The third-order valence-corrected chi connectivity index (χ3v) is 8.29. The predicted octanol–water partition coefficient (Wildman–Crippen LogP) is 3.38. The molecule has 0 atom stereocenters. The summed E-state index contributed by atoms with van der Waals surface area (Å²) in [5, 5.41) is 6.76. The van der Waals surface area contributed by atoms with Crippen molar-refractivity contribution in [3.63, 3.8) is 0 Å². The van der Waals surface area contributed by atoms with Gasteiger partial charge in [0.05, 0.1) is 11.0 Å². The molecule has 2 heterocycles. The summed E-state index contributed by atoms with van der Waals surface area (Å²) in [7, 11) is 0. The molecule has 0 radical (unpaired) electrons. The number of piperidine rings is 1. The summed E-state index contributed by atoms with van der Waals surface area (Å²) in [6.45, 7) is 1.46. The summed E-state index contributed by atoms with van der Waals surface area (Å²) in [6.07, 6.45) is 9.02. The zero-order valence-corrected chi connectivity index (χ0v) is 16.4. The maximum Gasteiger partial charge on any atom is 0.255 e. The van der Waals surface area contributed by atoms with E-state index in [1.165, 1.54) is 19.3 Å². The first-order chi connectivity index (χ1) is 13.5. The predicted molar refractivity (Wildman–Crippen MR) is 107 cm³/mol. The molecule has 5 nitrogen and oxygen atoms in total. The van der Waals surface area contributed by atoms with E-state index < -0.39 is 5.66 Å². The SMILES string of the molecule is O=C1NC2(CCN(C(=O)C34CC5CC(CC(C5)C3)C4)CC2)Nc2ccccc21. The van der Waals surface area contributed by atoms with Crippen molar-refractivity contribution in [3.8, 4) is 0 Å². The highest BCUT2D eigenvalue weighted by atomic mass is 16.2. The van der Waals surface area contributed by atoms with Crippen LogP contribution in [0.2, 0.25) is 0 Å². The maximum atomic E-state index is 13.6. The molecule has 5 heteroatoms. The number of hydrogen-bond donors (Lipinski definition) is 2. The largest absolute Gasteiger partial charge is 0.362 e. The van der Waals surface area contributed by atoms with Crippen molar-refractivity contribution in [1.29, 1.82) is 0 Å². The molecule has 28 heavy (non-hydrogen) atoms. The van der Waals surface area contributed by atoms with E-state index in [9.17, 15) is 9.59 Å². The van der Waals surface area contributed by atoms with Crippen LogP contribution in [0, 0.1) is 23.2 Å². The summed E-state index contributed by atoms with van der Waals surface area (Å²) in [5.41, 5.74) is 1.14. The molecule has 7 rings (SSSR count). The van der Waals surface area contributed by atoms with Crippen molar-refractivity contribution < 1.29 is 9.59 Å². The Labute approximate surface area is 166 Å². The molecule has 1 spiro atoms. The number of nitrogens with one attached hydrogen (secondary N) is 2. The zero-order valence-electron chi connectivity index (χ0n) is 16.4. The summed E-state index contributed by atoms with van der Waals surface area (Å²) in [6, 6.07) is 7.69. The van der Waals surface area contributed by atoms with Gasteiger partial charge in [-0.05, 0) is 68.4 Å². The summed E-state index contributed by atoms with van der Waals surface area (Å²) in [5.74, 6) is 2.80. The molecular weight excluding hydrogens is 350 g/mol. The number of likely N-dealkylation sites (tertiary alicyclic amines) is 1. The minimum atomic E-state index is -0.413. The van der Waals surface area contributed by atoms with Gasteiger partial charge >= 0.3 is 0 Å². The van der Waals surface area contributed by atoms with Crippen LogP contribution in [-0.2, 0) is 4.79 Å². The van der Waals surface area contributed by atoms with Crippen LogP contribution in [-0.4, -0.2) is 35.5 Å². The summed E-state index contributed by atoms with van der Waals surface area (Å²) >= 11 is 0. The van der Waals surface area contributed by atoms with Crippen molar-refractivity contribution in [3.05, 3.63) is 29.8 Å². The van der Waals surface area contributed by atoms with Gasteiger partial charge in [-0.1, -0.05) is 12.1 Å². The van der Waals surface area contributed by atoms with Gasteiger partial charge in [0.1, 0.15) is 5.66 Å². The number of anilines is 1. The average Bonchev–Trinajstić information content (AvgIpc) is 2.67. The average molecular weight is 380 g/mol. The maximum absolute atomic E-state index is 13.6. The monoisotopic (exact) mass is 379 g/mol. The number of rotatable bonds is 1. The first-order valence-corrected chi connectivity index (χ1v) is 11.0. The van der Waals surface area contributed by atoms with Crippen LogP contribution in [0.4, 0.5) is 5.69 Å². The molecule has 1 aromatic carbocycles. The van der Waals surface area contributed by atoms with Gasteiger partial charge < -0.3 is 15.5 Å². The third-order valence-electron chi connectivity index (χ3n) is 8.29. The summed E-state index contributed by atoms with van der Waals surface area (Å²) < 4.78 is 0. The van der Waals surface area contributed by atoms with Crippen LogP contribution in [0.15, 0.2) is 24.3 Å². The Kier molecular flexibility index (Phi) is 3.46. The Morgan fingerprint density at radius 2 is 1.54 bits per heavy atom. The highest BCUT2D eigenvalue weighted by molar-refractivity contribution is 6.02. The molecule has 5 fully saturated rings. The second-order valence-corrected chi connectivity index (χ2v) is 10.2. The van der Waals surface area contributed by atoms with Crippen molar-refractivity contribution in [1.82, 2.24) is 10.2 Å². The van der Waals surface area contributed by atoms with Gasteiger partial charge in [0.25, 0.3) is 5.91 Å². The first-order valence-electron chi connectivity index (χ1n) is 11.0. The molecular formula is C23H29N3O2. The Hall–Kier alpha value is -2.04. The van der Waals surface area contributed by atoms with Gasteiger partial charge in [0.15, 0.2) is 0 Å². The lowest BCUT2D eigenvalue weighted by molar-refractivity contribution is -0.159. The number of carbonyl (C=O) groups excluding carboxylic acids is 2. The number of fused-ring (bicyclic) bond motifs is 1. The van der Waals surface area contributed by atoms with E-state index >= 15 is 0 Å². The van der Waals surface area contributed by atoms with Crippen LogP contribution < -0.4 is 10.6 Å². The van der Waals surface area contributed by atoms with Crippen LogP contribution in [0.25, 0.3) is 0 Å². The molecule has 2 aliphatic heterocycles. The molecule has 4 aliphatic carbocycles. The molecule has 0 unspecified atom stereocenters. The molecule has 2 N–H and O–H groups in total. The first kappa shape index (κ1) is 16.9. The van der Waals surface area contributed by atoms with Gasteiger partial charge in [-0.2, -0.15) is 0 Å². The van der Waals surface area contributed by atoms with Crippen LogP contribution in [0.1, 0.15) is 61.7 Å². The Bertz CT molecular complexity index is 805. The highest BCUT2D eigenvalue weighted by Crippen LogP contribution is 2.60. The number of amides is 2. The number of carbonyl (C=O) groups is 2.